The largest absolute Gasteiger partial charge is 0.497 e. The highest BCUT2D eigenvalue weighted by molar-refractivity contribution is 5.85. The summed E-state index contributed by atoms with van der Waals surface area (Å²) in [5, 5.41) is 11.1. The molecule has 1 heterocycles. The summed E-state index contributed by atoms with van der Waals surface area (Å²) in [7, 11) is 3.82. The van der Waals surface area contributed by atoms with Crippen LogP contribution < -0.4 is 4.74 Å². The van der Waals surface area contributed by atoms with Gasteiger partial charge in [0, 0.05) is 11.5 Å². The van der Waals surface area contributed by atoms with Crippen molar-refractivity contribution in [3.63, 3.8) is 0 Å². The maximum absolute atomic E-state index is 11.1. The number of likely N-dealkylation sites (N-methyl/N-ethyl adjacent to an activating group) is 1. The Hall–Kier alpha value is -0.770. The smallest absolute Gasteiger partial charge is 0.119 e. The van der Waals surface area contributed by atoms with Crippen molar-refractivity contribution in [3.05, 3.63) is 29.3 Å². The molecule has 1 aliphatic carbocycles. The van der Waals surface area contributed by atoms with Gasteiger partial charge in [-0.05, 0) is 56.6 Å². The zero-order valence-electron chi connectivity index (χ0n) is 12.6. The lowest BCUT2D eigenvalue weighted by Crippen LogP contribution is -2.68. The quantitative estimate of drug-likeness (QED) is 0.864. The SMILES string of the molecule is COc1ccc2c(c1)C1(C)CCN(C)C(C2)C1(C)O.Cl. The van der Waals surface area contributed by atoms with Crippen LogP contribution in [0.4, 0.5) is 0 Å². The number of fused-ring (bicyclic) bond motifs is 4. The highest BCUT2D eigenvalue weighted by Crippen LogP contribution is 2.51. The first-order valence-corrected chi connectivity index (χ1v) is 7.00. The molecule has 20 heavy (non-hydrogen) atoms. The molecule has 0 aromatic heterocycles. The van der Waals surface area contributed by atoms with Crippen molar-refractivity contribution < 1.29 is 9.84 Å². The Morgan fingerprint density at radius 3 is 2.70 bits per heavy atom. The van der Waals surface area contributed by atoms with Gasteiger partial charge in [0.25, 0.3) is 0 Å². The first kappa shape index (κ1) is 15.6. The highest BCUT2D eigenvalue weighted by Gasteiger charge is 2.57. The molecule has 1 N–H and O–H groups in total. The molecule has 3 atom stereocenters. The molecule has 3 rings (SSSR count). The van der Waals surface area contributed by atoms with E-state index in [4.69, 9.17) is 4.74 Å². The van der Waals surface area contributed by atoms with Crippen LogP contribution in [0.1, 0.15) is 31.4 Å². The zero-order chi connectivity index (χ0) is 13.8. The lowest BCUT2D eigenvalue weighted by molar-refractivity contribution is -0.121. The summed E-state index contributed by atoms with van der Waals surface area (Å²) in [5.74, 6) is 0.883. The maximum Gasteiger partial charge on any atom is 0.119 e. The molecule has 1 aliphatic heterocycles. The van der Waals surface area contributed by atoms with Crippen molar-refractivity contribution in [2.75, 3.05) is 20.7 Å². The summed E-state index contributed by atoms with van der Waals surface area (Å²) in [5.41, 5.74) is 1.73. The van der Waals surface area contributed by atoms with Gasteiger partial charge in [0.1, 0.15) is 5.75 Å². The first-order chi connectivity index (χ1) is 8.90. The third-order valence-electron chi connectivity index (χ3n) is 5.59. The predicted octanol–water partition coefficient (Wildman–Crippen LogP) is 2.39. The number of methoxy groups -OCH3 is 1. The van der Waals surface area contributed by atoms with Crippen LogP contribution in [0.25, 0.3) is 0 Å². The van der Waals surface area contributed by atoms with Gasteiger partial charge in [0.15, 0.2) is 0 Å². The Kier molecular flexibility index (Phi) is 3.83. The minimum atomic E-state index is -0.695. The van der Waals surface area contributed by atoms with Crippen LogP contribution in [0.2, 0.25) is 0 Å². The Labute approximate surface area is 127 Å². The third kappa shape index (κ3) is 1.87. The number of ether oxygens (including phenoxy) is 1. The van der Waals surface area contributed by atoms with E-state index in [1.807, 2.05) is 13.0 Å². The Bertz CT molecular complexity index is 517. The maximum atomic E-state index is 11.1. The van der Waals surface area contributed by atoms with Crippen molar-refractivity contribution in [2.45, 2.75) is 43.7 Å². The molecule has 0 amide bonds. The summed E-state index contributed by atoms with van der Waals surface area (Å²) in [6.45, 7) is 5.23. The molecular formula is C16H24ClNO2. The number of aliphatic hydroxyl groups is 1. The normalized spacial score (nSPS) is 36.0. The number of piperidine rings is 1. The van der Waals surface area contributed by atoms with E-state index in [-0.39, 0.29) is 23.9 Å². The first-order valence-electron chi connectivity index (χ1n) is 7.00. The third-order valence-corrected chi connectivity index (χ3v) is 5.59. The Morgan fingerprint density at radius 2 is 2.05 bits per heavy atom. The molecule has 3 unspecified atom stereocenters. The standard InChI is InChI=1S/C16H23NO2.ClH/c1-15-7-8-17(3)14(16(15,2)18)9-11-5-6-12(19-4)10-13(11)15;/h5-6,10,14,18H,7-9H2,1-4H3;1H. The van der Waals surface area contributed by atoms with Crippen LogP contribution in [-0.2, 0) is 11.8 Å². The van der Waals surface area contributed by atoms with Gasteiger partial charge >= 0.3 is 0 Å². The van der Waals surface area contributed by atoms with Gasteiger partial charge in [-0.15, -0.1) is 12.4 Å². The van der Waals surface area contributed by atoms with E-state index in [9.17, 15) is 5.11 Å². The van der Waals surface area contributed by atoms with Crippen LogP contribution in [0.5, 0.6) is 5.75 Å². The van der Waals surface area contributed by atoms with E-state index >= 15 is 0 Å². The summed E-state index contributed by atoms with van der Waals surface area (Å²) in [6.07, 6.45) is 1.89. The van der Waals surface area contributed by atoms with E-state index in [0.29, 0.717) is 0 Å². The fourth-order valence-electron chi connectivity index (χ4n) is 3.95. The highest BCUT2D eigenvalue weighted by atomic mass is 35.5. The molecule has 2 bridgehead atoms. The molecule has 0 spiro atoms. The zero-order valence-corrected chi connectivity index (χ0v) is 13.5. The van der Waals surface area contributed by atoms with Crippen molar-refractivity contribution in [2.24, 2.45) is 0 Å². The van der Waals surface area contributed by atoms with Gasteiger partial charge in [-0.1, -0.05) is 13.0 Å². The Morgan fingerprint density at radius 1 is 1.35 bits per heavy atom. The predicted molar refractivity (Wildman–Crippen MR) is 83.0 cm³/mol. The molecule has 3 nitrogen and oxygen atoms in total. The summed E-state index contributed by atoms with van der Waals surface area (Å²) < 4.78 is 5.36. The minimum Gasteiger partial charge on any atom is -0.497 e. The molecule has 1 aromatic rings. The second-order valence-corrected chi connectivity index (χ2v) is 6.45. The molecule has 112 valence electrons. The molecule has 4 heteroatoms. The van der Waals surface area contributed by atoms with Crippen LogP contribution in [0.15, 0.2) is 18.2 Å². The lowest BCUT2D eigenvalue weighted by Gasteiger charge is -2.58. The number of rotatable bonds is 1. The van der Waals surface area contributed by atoms with E-state index in [0.717, 1.165) is 25.1 Å². The van der Waals surface area contributed by atoms with Crippen LogP contribution in [0, 0.1) is 0 Å². The molecule has 1 aromatic carbocycles. The van der Waals surface area contributed by atoms with Gasteiger partial charge in [-0.2, -0.15) is 0 Å². The summed E-state index contributed by atoms with van der Waals surface area (Å²) in [6, 6.07) is 6.50. The van der Waals surface area contributed by atoms with Crippen LogP contribution >= 0.6 is 12.4 Å². The number of benzene rings is 1. The topological polar surface area (TPSA) is 32.7 Å². The monoisotopic (exact) mass is 297 g/mol. The number of likely N-dealkylation sites (tertiary alicyclic amines) is 1. The molecule has 2 aliphatic rings. The van der Waals surface area contributed by atoms with Crippen molar-refractivity contribution in [3.8, 4) is 5.75 Å². The number of hydrogen-bond acceptors (Lipinski definition) is 3. The molecule has 1 saturated heterocycles. The van der Waals surface area contributed by atoms with Gasteiger partial charge in [0.05, 0.1) is 12.7 Å². The van der Waals surface area contributed by atoms with Gasteiger partial charge in [0.2, 0.25) is 0 Å². The Balaban J connectivity index is 0.00000147. The van der Waals surface area contributed by atoms with E-state index in [1.165, 1.54) is 11.1 Å². The second kappa shape index (κ2) is 4.90. The summed E-state index contributed by atoms with van der Waals surface area (Å²) in [4.78, 5) is 2.30. The van der Waals surface area contributed by atoms with Gasteiger partial charge < -0.3 is 14.7 Å². The molecular weight excluding hydrogens is 274 g/mol. The summed E-state index contributed by atoms with van der Waals surface area (Å²) >= 11 is 0. The second-order valence-electron chi connectivity index (χ2n) is 6.45. The van der Waals surface area contributed by atoms with E-state index in [2.05, 4.69) is 31.0 Å². The average Bonchev–Trinajstić information content (AvgIpc) is 2.38. The average molecular weight is 298 g/mol. The molecule has 0 radical (unpaired) electrons. The fourth-order valence-corrected chi connectivity index (χ4v) is 3.95. The molecule has 0 saturated carbocycles. The lowest BCUT2D eigenvalue weighted by atomic mass is 9.56. The van der Waals surface area contributed by atoms with Crippen molar-refractivity contribution >= 4 is 12.4 Å². The number of hydrogen-bond donors (Lipinski definition) is 1. The van der Waals surface area contributed by atoms with E-state index in [1.54, 1.807) is 7.11 Å². The van der Waals surface area contributed by atoms with Gasteiger partial charge in [-0.3, -0.25) is 0 Å². The molecule has 1 fully saturated rings. The van der Waals surface area contributed by atoms with E-state index < -0.39 is 5.60 Å². The fraction of sp³-hybridized carbons (Fsp3) is 0.625. The number of nitrogens with zero attached hydrogens (tertiary/aromatic N) is 1. The van der Waals surface area contributed by atoms with Crippen LogP contribution in [0.3, 0.4) is 0 Å². The van der Waals surface area contributed by atoms with Crippen molar-refractivity contribution in [1.82, 2.24) is 4.90 Å². The van der Waals surface area contributed by atoms with Crippen LogP contribution in [-0.4, -0.2) is 42.4 Å². The number of halogens is 1. The minimum absolute atomic E-state index is 0. The van der Waals surface area contributed by atoms with Gasteiger partial charge in [-0.25, -0.2) is 0 Å². The van der Waals surface area contributed by atoms with Crippen molar-refractivity contribution in [1.29, 1.82) is 0 Å².